The van der Waals surface area contributed by atoms with Gasteiger partial charge in [0.05, 0.1) is 28.1 Å². The molecule has 246 valence electrons. The third-order valence-corrected chi connectivity index (χ3v) is 8.97. The van der Waals surface area contributed by atoms with Crippen molar-refractivity contribution in [3.63, 3.8) is 0 Å². The van der Waals surface area contributed by atoms with Crippen LogP contribution in [0.1, 0.15) is 72.2 Å². The van der Waals surface area contributed by atoms with Crippen molar-refractivity contribution in [2.45, 2.75) is 70.3 Å². The molecule has 3 aromatic rings. The van der Waals surface area contributed by atoms with Crippen LogP contribution in [0.15, 0.2) is 47.4 Å². The van der Waals surface area contributed by atoms with E-state index >= 15 is 8.78 Å². The zero-order chi connectivity index (χ0) is 33.3. The molecule has 2 atom stereocenters. The Morgan fingerprint density at radius 2 is 1.57 bits per heavy atom. The summed E-state index contributed by atoms with van der Waals surface area (Å²) in [6.07, 6.45) is 0.346. The van der Waals surface area contributed by atoms with Gasteiger partial charge >= 0.3 is 6.18 Å². The largest absolute Gasteiger partial charge is 0.417 e. The van der Waals surface area contributed by atoms with Gasteiger partial charge in [0.25, 0.3) is 11.8 Å². The van der Waals surface area contributed by atoms with Crippen molar-refractivity contribution in [1.29, 1.82) is 0 Å². The number of aromatic nitrogens is 1. The lowest BCUT2D eigenvalue weighted by Crippen LogP contribution is -2.55. The molecule has 1 aliphatic carbocycles. The minimum Gasteiger partial charge on any atom is -0.367 e. The predicted octanol–water partition coefficient (Wildman–Crippen LogP) is 6.18. The molecule has 13 heteroatoms. The van der Waals surface area contributed by atoms with Crippen LogP contribution in [-0.2, 0) is 6.18 Å². The van der Waals surface area contributed by atoms with E-state index in [2.05, 4.69) is 20.5 Å². The molecule has 5 rings (SSSR count). The van der Waals surface area contributed by atoms with Crippen LogP contribution >= 0.6 is 0 Å². The maximum absolute atomic E-state index is 15.8. The zero-order valence-electron chi connectivity index (χ0n) is 25.7. The number of pyridine rings is 1. The summed E-state index contributed by atoms with van der Waals surface area (Å²) in [5.41, 5.74) is -3.35. The Balaban J connectivity index is 1.53. The lowest BCUT2D eigenvalue weighted by molar-refractivity contribution is -0.138. The van der Waals surface area contributed by atoms with Gasteiger partial charge in [-0.2, -0.15) is 13.2 Å². The molecular weight excluding hydrogens is 609 g/mol. The van der Waals surface area contributed by atoms with Crippen molar-refractivity contribution in [2.75, 3.05) is 30.4 Å². The van der Waals surface area contributed by atoms with Crippen LogP contribution in [0.3, 0.4) is 0 Å². The van der Waals surface area contributed by atoms with E-state index in [9.17, 15) is 27.6 Å². The zero-order valence-corrected chi connectivity index (χ0v) is 25.7. The molecule has 1 aliphatic heterocycles. The monoisotopic (exact) mass is 645 g/mol. The summed E-state index contributed by atoms with van der Waals surface area (Å²) < 4.78 is 72.4. The Hall–Kier alpha value is -4.26. The molecule has 2 aromatic carbocycles. The number of amides is 2. The van der Waals surface area contributed by atoms with Crippen molar-refractivity contribution in [1.82, 2.24) is 15.2 Å². The van der Waals surface area contributed by atoms with Crippen molar-refractivity contribution >= 4 is 23.2 Å². The fraction of sp³-hybridized carbons (Fsp3) is 0.424. The highest BCUT2D eigenvalue weighted by Crippen LogP contribution is 2.38. The Bertz CT molecular complexity index is 1670. The van der Waals surface area contributed by atoms with Gasteiger partial charge in [-0.15, -0.1) is 0 Å². The first kappa shape index (κ1) is 33.1. The molecule has 0 spiro atoms. The number of rotatable bonds is 6. The molecule has 0 radical (unpaired) electrons. The van der Waals surface area contributed by atoms with E-state index in [1.165, 1.54) is 18.2 Å². The quantitative estimate of drug-likeness (QED) is 0.278. The highest BCUT2D eigenvalue weighted by Gasteiger charge is 2.36. The second-order valence-electron chi connectivity index (χ2n) is 12.2. The average molecular weight is 646 g/mol. The summed E-state index contributed by atoms with van der Waals surface area (Å²) in [7, 11) is 1.95. The molecule has 1 saturated carbocycles. The number of anilines is 2. The number of aromatic amines is 1. The van der Waals surface area contributed by atoms with E-state index in [0.717, 1.165) is 44.2 Å². The van der Waals surface area contributed by atoms with Crippen LogP contribution in [-0.4, -0.2) is 60.0 Å². The van der Waals surface area contributed by atoms with Gasteiger partial charge < -0.3 is 20.5 Å². The summed E-state index contributed by atoms with van der Waals surface area (Å²) in [5.74, 6) is -3.38. The summed E-state index contributed by atoms with van der Waals surface area (Å²) >= 11 is 0. The lowest BCUT2D eigenvalue weighted by atomic mass is 9.95. The summed E-state index contributed by atoms with van der Waals surface area (Å²) in [6.45, 7) is 4.79. The minimum absolute atomic E-state index is 0.01000. The maximum Gasteiger partial charge on any atom is 0.417 e. The van der Waals surface area contributed by atoms with Gasteiger partial charge in [0.15, 0.2) is 0 Å². The van der Waals surface area contributed by atoms with Crippen molar-refractivity contribution in [3.05, 3.63) is 81.3 Å². The predicted molar refractivity (Wildman–Crippen MR) is 165 cm³/mol. The SMILES string of the molecule is C[C@@H]1CN(c2cc(F)c(-c3ccc(C(=O)NC4CCCCC4)c(F)c3)cc2NC(=O)c2c[nH]c(=O)cc2C(F)(F)F)C[C@H](C)N1C. The number of hydrogen-bond acceptors (Lipinski definition) is 5. The normalized spacial score (nSPS) is 19.6. The molecule has 8 nitrogen and oxygen atoms in total. The Morgan fingerprint density at radius 1 is 0.891 bits per heavy atom. The van der Waals surface area contributed by atoms with Gasteiger partial charge in [0, 0.05) is 49.0 Å². The standard InChI is InChI=1S/C33H36F5N5O3/c1-18-16-43(17-19(2)42(18)3)29-14-27(35)23(12-28(29)41-32(46)24-15-39-30(44)13-25(24)33(36,37)38)20-9-10-22(26(34)11-20)31(45)40-21-7-5-4-6-8-21/h9-15,18-19,21H,4-8,16-17H2,1-3H3,(H,39,44)(H,40,45)(H,41,46)/t18-,19+. The van der Waals surface area contributed by atoms with Crippen molar-refractivity contribution < 1.29 is 31.5 Å². The fourth-order valence-electron chi connectivity index (χ4n) is 6.21. The molecule has 1 aromatic heterocycles. The Morgan fingerprint density at radius 3 is 2.20 bits per heavy atom. The molecule has 2 heterocycles. The number of likely N-dealkylation sites (N-methyl/N-ethyl adjacent to an activating group) is 1. The van der Waals surface area contributed by atoms with Crippen LogP contribution in [0.4, 0.5) is 33.3 Å². The van der Waals surface area contributed by atoms with Crippen LogP contribution in [0, 0.1) is 11.6 Å². The number of alkyl halides is 3. The third-order valence-electron chi connectivity index (χ3n) is 8.97. The second-order valence-corrected chi connectivity index (χ2v) is 12.2. The molecule has 2 aliphatic rings. The number of halogens is 5. The topological polar surface area (TPSA) is 97.5 Å². The Labute approximate surface area is 263 Å². The number of nitrogens with zero attached hydrogens (tertiary/aromatic N) is 2. The smallest absolute Gasteiger partial charge is 0.367 e. The maximum atomic E-state index is 15.8. The van der Waals surface area contributed by atoms with E-state index in [0.29, 0.717) is 25.4 Å². The number of carbonyl (C=O) groups is 2. The van der Waals surface area contributed by atoms with Gasteiger partial charge in [-0.25, -0.2) is 8.78 Å². The number of piperazine rings is 1. The molecule has 1 saturated heterocycles. The first-order valence-corrected chi connectivity index (χ1v) is 15.3. The second kappa shape index (κ2) is 13.2. The lowest BCUT2D eigenvalue weighted by Gasteiger charge is -2.44. The first-order chi connectivity index (χ1) is 21.7. The Kier molecular flexibility index (Phi) is 9.52. The number of carbonyl (C=O) groups excluding carboxylic acids is 2. The van der Waals surface area contributed by atoms with E-state index < -0.39 is 46.3 Å². The molecule has 2 amide bonds. The molecule has 46 heavy (non-hydrogen) atoms. The average Bonchev–Trinajstić information content (AvgIpc) is 3.00. The number of nitrogens with one attached hydrogen (secondary N) is 3. The van der Waals surface area contributed by atoms with E-state index in [1.54, 1.807) is 0 Å². The highest BCUT2D eigenvalue weighted by atomic mass is 19.4. The van der Waals surface area contributed by atoms with E-state index in [-0.39, 0.29) is 46.2 Å². The third kappa shape index (κ3) is 7.09. The number of benzene rings is 2. The van der Waals surface area contributed by atoms with Gasteiger partial charge in [-0.05, 0) is 63.6 Å². The summed E-state index contributed by atoms with van der Waals surface area (Å²) in [4.78, 5) is 43.8. The van der Waals surface area contributed by atoms with Crippen molar-refractivity contribution in [3.8, 4) is 11.1 Å². The van der Waals surface area contributed by atoms with E-state index in [4.69, 9.17) is 0 Å². The number of H-pyrrole nitrogens is 1. The molecule has 2 fully saturated rings. The number of hydrogen-bond donors (Lipinski definition) is 3. The molecule has 0 bridgehead atoms. The van der Waals surface area contributed by atoms with Crippen LogP contribution in [0.2, 0.25) is 0 Å². The fourth-order valence-corrected chi connectivity index (χ4v) is 6.21. The highest BCUT2D eigenvalue weighted by molar-refractivity contribution is 6.07. The van der Waals surface area contributed by atoms with Crippen molar-refractivity contribution in [2.24, 2.45) is 0 Å². The van der Waals surface area contributed by atoms with Gasteiger partial charge in [0.2, 0.25) is 5.56 Å². The van der Waals surface area contributed by atoms with Gasteiger partial charge in [-0.1, -0.05) is 25.3 Å². The van der Waals surface area contributed by atoms with E-state index in [1.807, 2.05) is 25.8 Å². The van der Waals surface area contributed by atoms with Crippen LogP contribution in [0.25, 0.3) is 11.1 Å². The summed E-state index contributed by atoms with van der Waals surface area (Å²) in [5, 5.41) is 5.34. The molecular formula is C33H36F5N5O3. The van der Waals surface area contributed by atoms with Gasteiger partial charge in [-0.3, -0.25) is 19.3 Å². The van der Waals surface area contributed by atoms with Gasteiger partial charge in [0.1, 0.15) is 11.6 Å². The first-order valence-electron chi connectivity index (χ1n) is 15.3. The van der Waals surface area contributed by atoms with Crippen LogP contribution < -0.4 is 21.1 Å². The van der Waals surface area contributed by atoms with Crippen LogP contribution in [0.5, 0.6) is 0 Å². The molecule has 0 unspecified atom stereocenters. The minimum atomic E-state index is -5.00. The summed E-state index contributed by atoms with van der Waals surface area (Å²) in [6, 6.07) is 6.35. The molecule has 3 N–H and O–H groups in total.